The molecule has 0 rings (SSSR count). The van der Waals surface area contributed by atoms with Gasteiger partial charge < -0.3 is 20.1 Å². The molecule has 0 radical (unpaired) electrons. The molecule has 2 atom stereocenters. The van der Waals surface area contributed by atoms with Crippen molar-refractivity contribution >= 4 is 5.97 Å². The Morgan fingerprint density at radius 3 is 2.14 bits per heavy atom. The van der Waals surface area contributed by atoms with Crippen molar-refractivity contribution in [3.05, 3.63) is 48.6 Å². The van der Waals surface area contributed by atoms with Gasteiger partial charge in [0.15, 0.2) is 0 Å². The molecule has 2 N–H and O–H groups in total. The number of unbranched alkanes of at least 4 members (excludes halogenated alkanes) is 1. The maximum Gasteiger partial charge on any atom is 0.0723 e. The van der Waals surface area contributed by atoms with Crippen molar-refractivity contribution in [3.63, 3.8) is 0 Å². The zero-order valence-electron chi connectivity index (χ0n) is 13.2. The quantitative estimate of drug-likeness (QED) is 0.427. The topological polar surface area (TPSA) is 80.6 Å². The van der Waals surface area contributed by atoms with Gasteiger partial charge in [-0.1, -0.05) is 62.0 Å². The number of hydrogen-bond donors (Lipinski definition) is 2. The number of hydrogen-bond acceptors (Lipinski definition) is 4. The van der Waals surface area contributed by atoms with Crippen molar-refractivity contribution in [1.82, 2.24) is 0 Å². The predicted molar refractivity (Wildman–Crippen MR) is 87.0 cm³/mol. The van der Waals surface area contributed by atoms with Gasteiger partial charge in [-0.3, -0.25) is 0 Å². The van der Waals surface area contributed by atoms with E-state index < -0.39 is 12.1 Å². The molecule has 2 unspecified atom stereocenters. The highest BCUT2D eigenvalue weighted by molar-refractivity contribution is 5.64. The first kappa shape index (κ1) is 20.3. The molecule has 0 spiro atoms. The summed E-state index contributed by atoms with van der Waals surface area (Å²) < 4.78 is 0. The molecule has 124 valence electrons. The highest BCUT2D eigenvalue weighted by Gasteiger charge is 1.97. The van der Waals surface area contributed by atoms with E-state index in [4.69, 9.17) is 0 Å². The second-order valence-corrected chi connectivity index (χ2v) is 5.02. The zero-order chi connectivity index (χ0) is 16.6. The second-order valence-electron chi connectivity index (χ2n) is 5.02. The summed E-state index contributed by atoms with van der Waals surface area (Å²) in [6, 6.07) is 0. The van der Waals surface area contributed by atoms with Crippen molar-refractivity contribution in [1.29, 1.82) is 0 Å². The third-order valence-electron chi connectivity index (χ3n) is 2.98. The van der Waals surface area contributed by atoms with E-state index >= 15 is 0 Å². The van der Waals surface area contributed by atoms with Crippen LogP contribution in [0.1, 0.15) is 45.4 Å². The molecule has 0 saturated carbocycles. The lowest BCUT2D eigenvalue weighted by Gasteiger charge is -2.05. The van der Waals surface area contributed by atoms with Crippen LogP contribution in [-0.4, -0.2) is 28.4 Å². The van der Waals surface area contributed by atoms with E-state index in [1.54, 1.807) is 18.2 Å². The average molecular weight is 307 g/mol. The number of aliphatic hydroxyl groups is 2. The maximum absolute atomic E-state index is 10.2. The van der Waals surface area contributed by atoms with E-state index in [0.717, 1.165) is 6.42 Å². The number of allylic oxidation sites excluding steroid dienone is 6. The zero-order valence-corrected chi connectivity index (χ0v) is 13.2. The molecular formula is C18H27O4-. The summed E-state index contributed by atoms with van der Waals surface area (Å²) in [5.41, 5.74) is 0. The third-order valence-corrected chi connectivity index (χ3v) is 2.98. The smallest absolute Gasteiger partial charge is 0.0723 e. The number of carbonyl (C=O) groups excluding carboxylic acids is 1. The van der Waals surface area contributed by atoms with Gasteiger partial charge in [0.2, 0.25) is 0 Å². The summed E-state index contributed by atoms with van der Waals surface area (Å²) in [7, 11) is 0. The number of aliphatic hydroxyl groups excluding tert-OH is 2. The molecule has 0 aliphatic rings. The van der Waals surface area contributed by atoms with E-state index in [2.05, 4.69) is 0 Å². The van der Waals surface area contributed by atoms with Gasteiger partial charge in [-0.2, -0.15) is 0 Å². The minimum absolute atomic E-state index is 0.0480. The van der Waals surface area contributed by atoms with Crippen molar-refractivity contribution in [2.75, 3.05) is 0 Å². The van der Waals surface area contributed by atoms with Crippen LogP contribution in [0.4, 0.5) is 0 Å². The first-order chi connectivity index (χ1) is 10.6. The van der Waals surface area contributed by atoms with E-state index in [9.17, 15) is 20.1 Å². The van der Waals surface area contributed by atoms with Crippen LogP contribution >= 0.6 is 0 Å². The molecule has 4 nitrogen and oxygen atoms in total. The van der Waals surface area contributed by atoms with Crippen LogP contribution in [0, 0.1) is 0 Å². The van der Waals surface area contributed by atoms with E-state index in [0.29, 0.717) is 25.7 Å². The summed E-state index contributed by atoms with van der Waals surface area (Å²) in [6.07, 6.45) is 17.1. The minimum atomic E-state index is -1.04. The molecule has 0 fully saturated rings. The molecule has 0 aromatic heterocycles. The normalized spacial score (nSPS) is 15.4. The fraction of sp³-hybridized carbons (Fsp3) is 0.500. The Labute approximate surface area is 133 Å². The van der Waals surface area contributed by atoms with Crippen molar-refractivity contribution in [2.45, 2.75) is 57.7 Å². The standard InChI is InChI=1S/C18H28O4/c1-2-16(19)12-8-6-4-3-5-7-9-13-17(20)14-10-11-15-18(21)22/h4-9,12-13,16-17,19-20H,2-3,10-11,14-15H2,1H3,(H,21,22)/p-1/b6-4-,7-5-,12-8+,13-9-. The van der Waals surface area contributed by atoms with Gasteiger partial charge >= 0.3 is 0 Å². The van der Waals surface area contributed by atoms with Crippen molar-refractivity contribution in [2.24, 2.45) is 0 Å². The molecule has 0 aromatic rings. The summed E-state index contributed by atoms with van der Waals surface area (Å²) in [5, 5.41) is 29.1. The van der Waals surface area contributed by atoms with Crippen LogP contribution in [0.25, 0.3) is 0 Å². The summed E-state index contributed by atoms with van der Waals surface area (Å²) in [5.74, 6) is -1.04. The lowest BCUT2D eigenvalue weighted by molar-refractivity contribution is -0.305. The highest BCUT2D eigenvalue weighted by atomic mass is 16.4. The molecule has 0 aromatic carbocycles. The van der Waals surface area contributed by atoms with Gasteiger partial charge in [-0.25, -0.2) is 0 Å². The maximum atomic E-state index is 10.2. The first-order valence-electron chi connectivity index (χ1n) is 7.78. The van der Waals surface area contributed by atoms with Gasteiger partial charge in [0, 0.05) is 5.97 Å². The second kappa shape index (κ2) is 14.3. The third kappa shape index (κ3) is 14.8. The molecule has 0 saturated heterocycles. The van der Waals surface area contributed by atoms with E-state index in [-0.39, 0.29) is 12.5 Å². The van der Waals surface area contributed by atoms with Crippen LogP contribution in [0.5, 0.6) is 0 Å². The molecule has 0 aliphatic heterocycles. The molecule has 22 heavy (non-hydrogen) atoms. The minimum Gasteiger partial charge on any atom is -0.550 e. The average Bonchev–Trinajstić information content (AvgIpc) is 2.49. The Morgan fingerprint density at radius 1 is 1.00 bits per heavy atom. The molecular weight excluding hydrogens is 280 g/mol. The molecule has 0 bridgehead atoms. The number of rotatable bonds is 12. The Morgan fingerprint density at radius 2 is 1.59 bits per heavy atom. The molecule has 0 heterocycles. The van der Waals surface area contributed by atoms with Crippen LogP contribution in [-0.2, 0) is 4.79 Å². The summed E-state index contributed by atoms with van der Waals surface area (Å²) in [4.78, 5) is 10.2. The number of carbonyl (C=O) groups is 1. The Bertz CT molecular complexity index is 394. The largest absolute Gasteiger partial charge is 0.550 e. The lowest BCUT2D eigenvalue weighted by atomic mass is 10.1. The molecule has 0 aliphatic carbocycles. The SMILES string of the molecule is CCC(O)/C=C/C=C\C/C=C\C=C/C(O)CCCCC(=O)[O-]. The predicted octanol–water partition coefficient (Wildman–Crippen LogP) is 2.04. The number of carboxylic acid groups (broad SMARTS) is 1. The van der Waals surface area contributed by atoms with Crippen molar-refractivity contribution < 1.29 is 20.1 Å². The van der Waals surface area contributed by atoms with Crippen LogP contribution in [0.3, 0.4) is 0 Å². The van der Waals surface area contributed by atoms with Crippen LogP contribution in [0.2, 0.25) is 0 Å². The van der Waals surface area contributed by atoms with Crippen LogP contribution in [0.15, 0.2) is 48.6 Å². The lowest BCUT2D eigenvalue weighted by Crippen LogP contribution is -2.21. The summed E-state index contributed by atoms with van der Waals surface area (Å²) in [6.45, 7) is 1.92. The Kier molecular flexibility index (Phi) is 13.2. The molecule has 0 amide bonds. The fourth-order valence-electron chi connectivity index (χ4n) is 1.63. The van der Waals surface area contributed by atoms with Crippen LogP contribution < -0.4 is 5.11 Å². The van der Waals surface area contributed by atoms with E-state index in [1.165, 1.54) is 0 Å². The van der Waals surface area contributed by atoms with Gasteiger partial charge in [-0.05, 0) is 32.1 Å². The highest BCUT2D eigenvalue weighted by Crippen LogP contribution is 2.04. The van der Waals surface area contributed by atoms with E-state index in [1.807, 2.05) is 37.3 Å². The fourth-order valence-corrected chi connectivity index (χ4v) is 1.63. The van der Waals surface area contributed by atoms with Gasteiger partial charge in [-0.15, -0.1) is 0 Å². The van der Waals surface area contributed by atoms with Crippen molar-refractivity contribution in [3.8, 4) is 0 Å². The Hall–Kier alpha value is -1.65. The number of carboxylic acids is 1. The Balaban J connectivity index is 3.71. The number of aliphatic carboxylic acids is 1. The summed E-state index contributed by atoms with van der Waals surface area (Å²) >= 11 is 0. The first-order valence-corrected chi connectivity index (χ1v) is 7.78. The monoisotopic (exact) mass is 307 g/mol. The molecule has 4 heteroatoms. The van der Waals surface area contributed by atoms with Gasteiger partial charge in [0.25, 0.3) is 0 Å². The van der Waals surface area contributed by atoms with Gasteiger partial charge in [0.05, 0.1) is 12.2 Å². The van der Waals surface area contributed by atoms with Gasteiger partial charge in [0.1, 0.15) is 0 Å².